The van der Waals surface area contributed by atoms with Crippen molar-refractivity contribution in [2.45, 2.75) is 19.6 Å². The molecule has 7 heteroatoms. The molecule has 0 amide bonds. The lowest BCUT2D eigenvalue weighted by atomic mass is 10.2. The fourth-order valence-electron chi connectivity index (χ4n) is 1.47. The van der Waals surface area contributed by atoms with Crippen LogP contribution in [0.15, 0.2) is 22.7 Å². The summed E-state index contributed by atoms with van der Waals surface area (Å²) in [5.41, 5.74) is 5.94. The smallest absolute Gasteiger partial charge is 0.314 e. The number of hydrogen-bond acceptors (Lipinski definition) is 4. The lowest BCUT2D eigenvalue weighted by Gasteiger charge is -2.23. The van der Waals surface area contributed by atoms with Gasteiger partial charge in [0.2, 0.25) is 0 Å². The molecular formula is C11H16BrFNO3P. The highest BCUT2D eigenvalue weighted by molar-refractivity contribution is 9.10. The van der Waals surface area contributed by atoms with Gasteiger partial charge in [0.25, 0.3) is 0 Å². The third-order valence-corrected chi connectivity index (χ3v) is 4.93. The summed E-state index contributed by atoms with van der Waals surface area (Å²) in [5.74, 6) is -1.68. The Morgan fingerprint density at radius 1 is 1.39 bits per heavy atom. The monoisotopic (exact) mass is 339 g/mol. The number of rotatable bonds is 6. The van der Waals surface area contributed by atoms with E-state index in [1.165, 1.54) is 12.1 Å². The Morgan fingerprint density at radius 3 is 2.39 bits per heavy atom. The van der Waals surface area contributed by atoms with Crippen LogP contribution in [0.3, 0.4) is 0 Å². The highest BCUT2D eigenvalue weighted by Crippen LogP contribution is 2.58. The van der Waals surface area contributed by atoms with Gasteiger partial charge in [-0.2, -0.15) is 0 Å². The van der Waals surface area contributed by atoms with Gasteiger partial charge in [0, 0.05) is 10.0 Å². The van der Waals surface area contributed by atoms with E-state index in [2.05, 4.69) is 15.9 Å². The van der Waals surface area contributed by atoms with E-state index in [1.807, 2.05) is 0 Å². The minimum Gasteiger partial charge on any atom is -0.314 e. The summed E-state index contributed by atoms with van der Waals surface area (Å²) < 4.78 is 37.0. The SMILES string of the molecule is CCOP(=O)(OCC)[C@@H](N)c1ccc(Br)cc1F. The third-order valence-electron chi connectivity index (χ3n) is 2.24. The normalized spacial score (nSPS) is 13.6. The van der Waals surface area contributed by atoms with Gasteiger partial charge in [-0.25, -0.2) is 4.39 Å². The lowest BCUT2D eigenvalue weighted by Crippen LogP contribution is -2.16. The molecule has 0 heterocycles. The quantitative estimate of drug-likeness (QED) is 0.800. The van der Waals surface area contributed by atoms with Crippen molar-refractivity contribution in [2.75, 3.05) is 13.2 Å². The predicted molar refractivity (Wildman–Crippen MR) is 71.9 cm³/mol. The van der Waals surface area contributed by atoms with Crippen LogP contribution in [0.1, 0.15) is 25.2 Å². The molecule has 0 aliphatic carbocycles. The van der Waals surface area contributed by atoms with Crippen LogP contribution in [-0.4, -0.2) is 13.2 Å². The van der Waals surface area contributed by atoms with Gasteiger partial charge in [0.15, 0.2) is 0 Å². The van der Waals surface area contributed by atoms with Crippen LogP contribution in [0.2, 0.25) is 0 Å². The maximum atomic E-state index is 13.8. The second-order valence-electron chi connectivity index (χ2n) is 3.49. The fourth-order valence-corrected chi connectivity index (χ4v) is 3.47. The zero-order valence-corrected chi connectivity index (χ0v) is 12.7. The first-order chi connectivity index (χ1) is 8.44. The summed E-state index contributed by atoms with van der Waals surface area (Å²) in [4.78, 5) is 0. The minimum absolute atomic E-state index is 0.114. The predicted octanol–water partition coefficient (Wildman–Crippen LogP) is 3.81. The van der Waals surface area contributed by atoms with Gasteiger partial charge in [-0.15, -0.1) is 0 Å². The Balaban J connectivity index is 3.09. The van der Waals surface area contributed by atoms with Gasteiger partial charge in [0.05, 0.1) is 13.2 Å². The van der Waals surface area contributed by atoms with E-state index in [9.17, 15) is 8.96 Å². The topological polar surface area (TPSA) is 61.5 Å². The largest absolute Gasteiger partial charge is 0.351 e. The van der Waals surface area contributed by atoms with Crippen LogP contribution < -0.4 is 5.73 Å². The van der Waals surface area contributed by atoms with E-state index in [0.29, 0.717) is 4.47 Å². The first-order valence-corrected chi connectivity index (χ1v) is 7.94. The van der Waals surface area contributed by atoms with Gasteiger partial charge in [-0.1, -0.05) is 22.0 Å². The molecule has 102 valence electrons. The number of halogens is 2. The molecule has 0 unspecified atom stereocenters. The molecule has 0 bridgehead atoms. The first kappa shape index (κ1) is 15.8. The molecule has 0 spiro atoms. The Labute approximate surface area is 114 Å². The zero-order valence-electron chi connectivity index (χ0n) is 10.2. The van der Waals surface area contributed by atoms with Crippen LogP contribution >= 0.6 is 23.5 Å². The molecule has 0 radical (unpaired) electrons. The molecule has 0 saturated heterocycles. The molecule has 1 rings (SSSR count). The number of hydrogen-bond donors (Lipinski definition) is 1. The molecule has 4 nitrogen and oxygen atoms in total. The summed E-state index contributed by atoms with van der Waals surface area (Å²) in [6, 6.07) is 4.35. The van der Waals surface area contributed by atoms with E-state index in [-0.39, 0.29) is 18.8 Å². The Bertz CT molecular complexity index is 448. The molecule has 0 fully saturated rings. The van der Waals surface area contributed by atoms with Crippen molar-refractivity contribution in [1.29, 1.82) is 0 Å². The highest BCUT2D eigenvalue weighted by atomic mass is 79.9. The average Bonchev–Trinajstić information content (AvgIpc) is 2.29. The van der Waals surface area contributed by atoms with Crippen LogP contribution in [-0.2, 0) is 13.6 Å². The van der Waals surface area contributed by atoms with E-state index in [4.69, 9.17) is 14.8 Å². The number of nitrogens with two attached hydrogens (primary N) is 1. The van der Waals surface area contributed by atoms with E-state index >= 15 is 0 Å². The van der Waals surface area contributed by atoms with Crippen molar-refractivity contribution < 1.29 is 18.0 Å². The summed E-state index contributed by atoms with van der Waals surface area (Å²) in [7, 11) is -3.55. The standard InChI is InChI=1S/C11H16BrFNO3P/c1-3-16-18(15,17-4-2)11(14)9-6-5-8(12)7-10(9)13/h5-7,11H,3-4,14H2,1-2H3/t11-/m1/s1. The van der Waals surface area contributed by atoms with Crippen molar-refractivity contribution in [3.63, 3.8) is 0 Å². The molecule has 1 aromatic carbocycles. The van der Waals surface area contributed by atoms with Crippen molar-refractivity contribution in [2.24, 2.45) is 5.73 Å². The summed E-state index contributed by atoms with van der Waals surface area (Å²) >= 11 is 3.14. The Kier molecular flexibility index (Phi) is 5.95. The molecular weight excluding hydrogens is 324 g/mol. The van der Waals surface area contributed by atoms with Crippen LogP contribution in [0.5, 0.6) is 0 Å². The molecule has 2 N–H and O–H groups in total. The Hall–Kier alpha value is -0.260. The maximum absolute atomic E-state index is 13.8. The third kappa shape index (κ3) is 3.62. The second kappa shape index (κ2) is 6.78. The molecule has 0 aliphatic heterocycles. The summed E-state index contributed by atoms with van der Waals surface area (Å²) in [6.45, 7) is 3.72. The van der Waals surface area contributed by atoms with Crippen LogP contribution in [0, 0.1) is 5.82 Å². The van der Waals surface area contributed by atoms with Crippen molar-refractivity contribution in [1.82, 2.24) is 0 Å². The summed E-state index contributed by atoms with van der Waals surface area (Å²) in [6.07, 6.45) is 0. The second-order valence-corrected chi connectivity index (χ2v) is 6.55. The van der Waals surface area contributed by atoms with E-state index in [0.717, 1.165) is 0 Å². The van der Waals surface area contributed by atoms with Gasteiger partial charge < -0.3 is 14.8 Å². The lowest BCUT2D eigenvalue weighted by molar-refractivity contribution is 0.212. The van der Waals surface area contributed by atoms with E-state index in [1.54, 1.807) is 19.9 Å². The molecule has 1 aromatic rings. The Morgan fingerprint density at radius 2 is 1.94 bits per heavy atom. The van der Waals surface area contributed by atoms with Gasteiger partial charge in [-0.3, -0.25) is 4.57 Å². The van der Waals surface area contributed by atoms with E-state index < -0.39 is 19.2 Å². The minimum atomic E-state index is -3.55. The fraction of sp³-hybridized carbons (Fsp3) is 0.455. The summed E-state index contributed by atoms with van der Waals surface area (Å²) in [5, 5.41) is 0. The first-order valence-electron chi connectivity index (χ1n) is 5.54. The van der Waals surface area contributed by atoms with Crippen molar-refractivity contribution in [3.05, 3.63) is 34.1 Å². The van der Waals surface area contributed by atoms with Crippen LogP contribution in [0.4, 0.5) is 4.39 Å². The molecule has 1 atom stereocenters. The molecule has 0 aliphatic rings. The average molecular weight is 340 g/mol. The van der Waals surface area contributed by atoms with Crippen molar-refractivity contribution in [3.8, 4) is 0 Å². The highest BCUT2D eigenvalue weighted by Gasteiger charge is 2.35. The van der Waals surface area contributed by atoms with Crippen molar-refractivity contribution >= 4 is 23.5 Å². The molecule has 0 saturated carbocycles. The van der Waals surface area contributed by atoms with Gasteiger partial charge >= 0.3 is 7.60 Å². The zero-order chi connectivity index (χ0) is 13.8. The van der Waals surface area contributed by atoms with Crippen LogP contribution in [0.25, 0.3) is 0 Å². The molecule has 18 heavy (non-hydrogen) atoms. The number of benzene rings is 1. The molecule has 0 aromatic heterocycles. The maximum Gasteiger partial charge on any atom is 0.351 e. The van der Waals surface area contributed by atoms with Gasteiger partial charge in [0.1, 0.15) is 11.6 Å². The van der Waals surface area contributed by atoms with Gasteiger partial charge in [-0.05, 0) is 26.0 Å².